The first-order valence-corrected chi connectivity index (χ1v) is 31.2. The monoisotopic (exact) mass is 1100 g/mol. The molecule has 0 aromatic rings. The molecule has 0 aromatic carbocycles. The average Bonchev–Trinajstić information content (AvgIpc) is 3.43. The molecule has 11 nitrogen and oxygen atoms in total. The zero-order chi connectivity index (χ0) is 56.9. The number of hydrogen-bond donors (Lipinski definition) is 2. The highest BCUT2D eigenvalue weighted by Crippen LogP contribution is 2.43. The zero-order valence-corrected chi connectivity index (χ0v) is 49.5. The Morgan fingerprint density at radius 2 is 0.628 bits per heavy atom. The highest BCUT2D eigenvalue weighted by atomic mass is 31.2. The summed E-state index contributed by atoms with van der Waals surface area (Å²) in [5.41, 5.74) is 0. The van der Waals surface area contributed by atoms with Crippen molar-refractivity contribution in [3.05, 3.63) is 146 Å². The molecule has 0 rings (SSSR count). The fourth-order valence-corrected chi connectivity index (χ4v) is 8.11. The lowest BCUT2D eigenvalue weighted by Crippen LogP contribution is -2.30. The van der Waals surface area contributed by atoms with Crippen molar-refractivity contribution < 1.29 is 52.2 Å². The minimum Gasteiger partial charge on any atom is -0.462 e. The Hall–Kier alpha value is -4.64. The van der Waals surface area contributed by atoms with Crippen molar-refractivity contribution in [1.82, 2.24) is 0 Å². The van der Waals surface area contributed by atoms with Crippen LogP contribution in [0.2, 0.25) is 0 Å². The van der Waals surface area contributed by atoms with Crippen molar-refractivity contribution in [1.29, 1.82) is 0 Å². The van der Waals surface area contributed by atoms with Crippen LogP contribution in [0.5, 0.6) is 0 Å². The standard InChI is InChI=1S/C66H105O11P/c1-4-7-10-13-16-19-22-25-27-29-31-33-35-38-41-44-47-50-53-56-65(69)76-62(58-67)60-74-78(71,72)75-61-63(59-73-64(68)55-52-49-46-43-40-37-24-21-18-15-12-9-6-3)77-66(70)57-54-51-48-45-42-39-36-34-32-30-28-26-23-20-17-14-11-8-5-2/h7-12,16-21,25-28,31-34,37,39-40,42,62-63,67H,4-6,13-15,22-24,29-30,35-36,38,41,43-61H2,1-3H3,(H,71,72)/b10-7-,11-8-,12-9-,19-16-,20-17-,21-18-,27-25-,28-26-,33-31-,34-32-,40-37-,42-39-. The van der Waals surface area contributed by atoms with Crippen molar-refractivity contribution in [2.75, 3.05) is 26.4 Å². The third kappa shape index (κ3) is 56.1. The maximum absolute atomic E-state index is 12.9. The Balaban J connectivity index is 4.80. The second kappa shape index (κ2) is 58.5. The zero-order valence-electron chi connectivity index (χ0n) is 48.6. The van der Waals surface area contributed by atoms with Crippen molar-refractivity contribution in [3.63, 3.8) is 0 Å². The van der Waals surface area contributed by atoms with Gasteiger partial charge in [0.15, 0.2) is 6.10 Å². The van der Waals surface area contributed by atoms with E-state index in [4.69, 9.17) is 23.3 Å². The minimum atomic E-state index is -4.78. The molecular weight excluding hydrogens is 1000 g/mol. The van der Waals surface area contributed by atoms with E-state index < -0.39 is 57.8 Å². The van der Waals surface area contributed by atoms with Crippen molar-refractivity contribution in [2.45, 2.75) is 226 Å². The molecule has 0 radical (unpaired) electrons. The summed E-state index contributed by atoms with van der Waals surface area (Å²) >= 11 is 0. The number of phosphoric acid groups is 1. The lowest BCUT2D eigenvalue weighted by molar-refractivity contribution is -0.161. The Morgan fingerprint density at radius 1 is 0.359 bits per heavy atom. The van der Waals surface area contributed by atoms with Crippen LogP contribution in [0.1, 0.15) is 213 Å². The van der Waals surface area contributed by atoms with E-state index in [0.717, 1.165) is 154 Å². The van der Waals surface area contributed by atoms with Crippen LogP contribution >= 0.6 is 7.82 Å². The molecule has 0 heterocycles. The molecule has 2 N–H and O–H groups in total. The molecule has 0 spiro atoms. The smallest absolute Gasteiger partial charge is 0.462 e. The van der Waals surface area contributed by atoms with Gasteiger partial charge in [-0.2, -0.15) is 0 Å². The number of unbranched alkanes of at least 4 members (excludes halogenated alkanes) is 12. The Morgan fingerprint density at radius 3 is 0.974 bits per heavy atom. The molecule has 440 valence electrons. The van der Waals surface area contributed by atoms with E-state index >= 15 is 0 Å². The van der Waals surface area contributed by atoms with Crippen LogP contribution in [0, 0.1) is 0 Å². The normalized spacial score (nSPS) is 14.4. The van der Waals surface area contributed by atoms with Crippen LogP contribution < -0.4 is 0 Å². The van der Waals surface area contributed by atoms with Gasteiger partial charge in [0.1, 0.15) is 12.7 Å². The maximum atomic E-state index is 12.9. The van der Waals surface area contributed by atoms with E-state index in [0.29, 0.717) is 19.3 Å². The van der Waals surface area contributed by atoms with Gasteiger partial charge in [-0.1, -0.05) is 205 Å². The molecule has 0 aliphatic heterocycles. The van der Waals surface area contributed by atoms with E-state index in [-0.39, 0.29) is 25.9 Å². The molecule has 12 heteroatoms. The first kappa shape index (κ1) is 73.4. The minimum absolute atomic E-state index is 0.112. The van der Waals surface area contributed by atoms with Crippen LogP contribution in [0.25, 0.3) is 0 Å². The fraction of sp³-hybridized carbons (Fsp3) is 0.591. The summed E-state index contributed by atoms with van der Waals surface area (Å²) in [5, 5.41) is 9.84. The predicted molar refractivity (Wildman–Crippen MR) is 325 cm³/mol. The van der Waals surface area contributed by atoms with E-state index in [2.05, 4.69) is 167 Å². The first-order chi connectivity index (χ1) is 38.2. The lowest BCUT2D eigenvalue weighted by Gasteiger charge is -2.21. The quantitative estimate of drug-likeness (QED) is 0.0197. The van der Waals surface area contributed by atoms with Crippen LogP contribution in [0.15, 0.2) is 146 Å². The molecule has 0 bridgehead atoms. The predicted octanol–water partition coefficient (Wildman–Crippen LogP) is 17.9. The van der Waals surface area contributed by atoms with Crippen LogP contribution in [0.3, 0.4) is 0 Å². The second-order valence-corrected chi connectivity index (χ2v) is 20.5. The average molecular weight is 1110 g/mol. The van der Waals surface area contributed by atoms with Crippen LogP contribution in [0.4, 0.5) is 0 Å². The number of esters is 3. The van der Waals surface area contributed by atoms with Gasteiger partial charge in [0.2, 0.25) is 0 Å². The van der Waals surface area contributed by atoms with Gasteiger partial charge < -0.3 is 24.2 Å². The van der Waals surface area contributed by atoms with Crippen molar-refractivity contribution in [3.8, 4) is 0 Å². The number of aliphatic hydroxyl groups excluding tert-OH is 1. The van der Waals surface area contributed by atoms with Gasteiger partial charge in [-0.15, -0.1) is 0 Å². The van der Waals surface area contributed by atoms with E-state index in [1.54, 1.807) is 0 Å². The largest absolute Gasteiger partial charge is 0.472 e. The molecular formula is C66H105O11P. The van der Waals surface area contributed by atoms with Crippen molar-refractivity contribution >= 4 is 25.7 Å². The summed E-state index contributed by atoms with van der Waals surface area (Å²) in [6.45, 7) is 4.20. The number of aliphatic hydroxyl groups is 1. The van der Waals surface area contributed by atoms with Gasteiger partial charge in [-0.3, -0.25) is 23.4 Å². The topological polar surface area (TPSA) is 155 Å². The number of carbonyl (C=O) groups excluding carboxylic acids is 3. The number of carbonyl (C=O) groups is 3. The van der Waals surface area contributed by atoms with Gasteiger partial charge in [0.05, 0.1) is 19.8 Å². The van der Waals surface area contributed by atoms with Gasteiger partial charge in [-0.25, -0.2) is 4.57 Å². The molecule has 0 aliphatic carbocycles. The summed E-state index contributed by atoms with van der Waals surface area (Å²) in [6, 6.07) is 0. The number of allylic oxidation sites excluding steroid dienone is 24. The Labute approximate surface area is 473 Å². The summed E-state index contributed by atoms with van der Waals surface area (Å²) in [5.74, 6) is -1.57. The third-order valence-electron chi connectivity index (χ3n) is 11.7. The molecule has 0 aromatic heterocycles. The van der Waals surface area contributed by atoms with Gasteiger partial charge in [0.25, 0.3) is 0 Å². The molecule has 0 saturated carbocycles. The van der Waals surface area contributed by atoms with Crippen LogP contribution in [-0.4, -0.2) is 66.5 Å². The maximum Gasteiger partial charge on any atom is 0.472 e. The van der Waals surface area contributed by atoms with Crippen molar-refractivity contribution in [2.24, 2.45) is 0 Å². The highest BCUT2D eigenvalue weighted by Gasteiger charge is 2.28. The number of ether oxygens (including phenoxy) is 3. The van der Waals surface area contributed by atoms with Crippen LogP contribution in [-0.2, 0) is 42.2 Å². The van der Waals surface area contributed by atoms with Gasteiger partial charge >= 0.3 is 25.7 Å². The Kier molecular flexibility index (Phi) is 55.0. The van der Waals surface area contributed by atoms with Gasteiger partial charge in [-0.05, 0) is 135 Å². The SMILES string of the molecule is CC/C=C\C/C=C\C/C=C\C/C=C\C/C=C\CCCCCC(=O)OC(COC(=O)CCCCC/C=C\C/C=C\C/C=C\CC)COP(=O)(O)OCC(CO)OC(=O)CCCCCCCC/C=C\C/C=C\C/C=C\C/C=C\CC. The fourth-order valence-electron chi connectivity index (χ4n) is 7.33. The number of phosphoric ester groups is 1. The molecule has 3 unspecified atom stereocenters. The molecule has 0 aliphatic rings. The molecule has 0 saturated heterocycles. The lowest BCUT2D eigenvalue weighted by atomic mass is 10.1. The molecule has 0 amide bonds. The van der Waals surface area contributed by atoms with E-state index in [1.807, 2.05) is 0 Å². The molecule has 0 fully saturated rings. The molecule has 78 heavy (non-hydrogen) atoms. The number of hydrogen-bond acceptors (Lipinski definition) is 10. The highest BCUT2D eigenvalue weighted by molar-refractivity contribution is 7.47. The third-order valence-corrected chi connectivity index (χ3v) is 12.7. The summed E-state index contributed by atoms with van der Waals surface area (Å²) in [4.78, 5) is 48.6. The summed E-state index contributed by atoms with van der Waals surface area (Å²) in [6.07, 6.45) is 75.2. The Bertz CT molecular complexity index is 1860. The first-order valence-electron chi connectivity index (χ1n) is 29.7. The second-order valence-electron chi connectivity index (χ2n) is 19.0. The number of rotatable bonds is 53. The summed E-state index contributed by atoms with van der Waals surface area (Å²) < 4.78 is 39.5. The summed E-state index contributed by atoms with van der Waals surface area (Å²) in [7, 11) is -4.78. The van der Waals surface area contributed by atoms with Gasteiger partial charge in [0, 0.05) is 19.3 Å². The molecule has 3 atom stereocenters. The van der Waals surface area contributed by atoms with E-state index in [1.165, 1.54) is 0 Å². The van der Waals surface area contributed by atoms with E-state index in [9.17, 15) is 28.9 Å².